The normalized spacial score (nSPS) is 19.1. The van der Waals surface area contributed by atoms with Crippen LogP contribution in [0.1, 0.15) is 36.8 Å². The SMILES string of the molecule is CC(CC(=O)N(C)C1CCNC1)c1cccc(C(F)(F)F)c1.Cl. The fourth-order valence-electron chi connectivity index (χ4n) is 2.72. The molecule has 1 aliphatic heterocycles. The Morgan fingerprint density at radius 2 is 2.13 bits per heavy atom. The summed E-state index contributed by atoms with van der Waals surface area (Å²) >= 11 is 0. The minimum atomic E-state index is -4.36. The zero-order valence-electron chi connectivity index (χ0n) is 13.2. The summed E-state index contributed by atoms with van der Waals surface area (Å²) in [7, 11) is 1.76. The molecule has 1 amide bonds. The summed E-state index contributed by atoms with van der Waals surface area (Å²) in [5, 5.41) is 3.20. The predicted molar refractivity (Wildman–Crippen MR) is 85.8 cm³/mol. The fraction of sp³-hybridized carbons (Fsp3) is 0.562. The van der Waals surface area contributed by atoms with E-state index in [0.717, 1.165) is 31.6 Å². The number of halogens is 4. The Bertz CT molecular complexity index is 530. The molecule has 1 heterocycles. The number of rotatable bonds is 4. The van der Waals surface area contributed by atoms with Gasteiger partial charge in [0.2, 0.25) is 5.91 Å². The van der Waals surface area contributed by atoms with Crippen LogP contribution in [-0.2, 0) is 11.0 Å². The number of carbonyl (C=O) groups excluding carboxylic acids is 1. The van der Waals surface area contributed by atoms with E-state index < -0.39 is 11.7 Å². The molecular weight excluding hydrogens is 329 g/mol. The highest BCUT2D eigenvalue weighted by molar-refractivity contribution is 5.85. The van der Waals surface area contributed by atoms with Crippen molar-refractivity contribution >= 4 is 18.3 Å². The molecule has 1 saturated heterocycles. The summed E-state index contributed by atoms with van der Waals surface area (Å²) in [5.74, 6) is -0.273. The molecule has 1 fully saturated rings. The van der Waals surface area contributed by atoms with Crippen molar-refractivity contribution in [3.63, 3.8) is 0 Å². The van der Waals surface area contributed by atoms with Gasteiger partial charge in [0.15, 0.2) is 0 Å². The van der Waals surface area contributed by atoms with Crippen molar-refractivity contribution in [3.05, 3.63) is 35.4 Å². The van der Waals surface area contributed by atoms with E-state index in [9.17, 15) is 18.0 Å². The van der Waals surface area contributed by atoms with E-state index in [-0.39, 0.29) is 36.7 Å². The van der Waals surface area contributed by atoms with Gasteiger partial charge in [0.25, 0.3) is 0 Å². The topological polar surface area (TPSA) is 32.3 Å². The lowest BCUT2D eigenvalue weighted by atomic mass is 9.95. The summed E-state index contributed by atoms with van der Waals surface area (Å²) < 4.78 is 38.2. The van der Waals surface area contributed by atoms with E-state index in [0.29, 0.717) is 5.56 Å². The van der Waals surface area contributed by atoms with Gasteiger partial charge in [-0.1, -0.05) is 25.1 Å². The van der Waals surface area contributed by atoms with Crippen molar-refractivity contribution < 1.29 is 18.0 Å². The molecule has 3 nitrogen and oxygen atoms in total. The first-order valence-electron chi connectivity index (χ1n) is 7.42. The van der Waals surface area contributed by atoms with E-state index in [4.69, 9.17) is 0 Å². The van der Waals surface area contributed by atoms with Gasteiger partial charge >= 0.3 is 6.18 Å². The number of hydrogen-bond donors (Lipinski definition) is 1. The third-order valence-corrected chi connectivity index (χ3v) is 4.24. The largest absolute Gasteiger partial charge is 0.416 e. The van der Waals surface area contributed by atoms with Gasteiger partial charge in [0, 0.05) is 26.1 Å². The van der Waals surface area contributed by atoms with Crippen LogP contribution in [-0.4, -0.2) is 37.0 Å². The number of nitrogens with one attached hydrogen (secondary N) is 1. The van der Waals surface area contributed by atoms with E-state index >= 15 is 0 Å². The molecule has 1 aromatic rings. The maximum absolute atomic E-state index is 12.7. The first kappa shape index (κ1) is 19.8. The molecule has 1 aliphatic rings. The Morgan fingerprint density at radius 1 is 1.43 bits per heavy atom. The second-order valence-corrected chi connectivity index (χ2v) is 5.88. The minimum absolute atomic E-state index is 0. The number of carbonyl (C=O) groups is 1. The smallest absolute Gasteiger partial charge is 0.341 e. The zero-order valence-corrected chi connectivity index (χ0v) is 14.0. The number of likely N-dealkylation sites (N-methyl/N-ethyl adjacent to an activating group) is 1. The molecule has 1 N–H and O–H groups in total. The molecule has 1 aromatic carbocycles. The average Bonchev–Trinajstić information content (AvgIpc) is 2.99. The molecule has 2 unspecified atom stereocenters. The minimum Gasteiger partial charge on any atom is -0.341 e. The number of amides is 1. The fourth-order valence-corrected chi connectivity index (χ4v) is 2.72. The molecule has 0 bridgehead atoms. The maximum Gasteiger partial charge on any atom is 0.416 e. The van der Waals surface area contributed by atoms with E-state index in [2.05, 4.69) is 5.32 Å². The van der Waals surface area contributed by atoms with Crippen LogP contribution in [0, 0.1) is 0 Å². The van der Waals surface area contributed by atoms with Crippen LogP contribution in [0.5, 0.6) is 0 Å². The Kier molecular flexibility index (Phi) is 6.89. The highest BCUT2D eigenvalue weighted by Crippen LogP contribution is 2.31. The van der Waals surface area contributed by atoms with Crippen molar-refractivity contribution in [1.29, 1.82) is 0 Å². The predicted octanol–water partition coefficient (Wildman–Crippen LogP) is 3.44. The summed E-state index contributed by atoms with van der Waals surface area (Å²) in [6, 6.07) is 5.40. The molecule has 23 heavy (non-hydrogen) atoms. The first-order chi connectivity index (χ1) is 10.3. The third-order valence-electron chi connectivity index (χ3n) is 4.24. The lowest BCUT2D eigenvalue weighted by Gasteiger charge is -2.25. The molecular formula is C16H22ClF3N2O. The second-order valence-electron chi connectivity index (χ2n) is 5.88. The number of nitrogens with zero attached hydrogens (tertiary/aromatic N) is 1. The van der Waals surface area contributed by atoms with E-state index in [1.54, 1.807) is 24.9 Å². The molecule has 0 radical (unpaired) electrons. The first-order valence-corrected chi connectivity index (χ1v) is 7.42. The van der Waals surface area contributed by atoms with Gasteiger partial charge in [-0.05, 0) is 30.5 Å². The molecule has 0 saturated carbocycles. The number of benzene rings is 1. The van der Waals surface area contributed by atoms with Crippen LogP contribution in [0.15, 0.2) is 24.3 Å². The van der Waals surface area contributed by atoms with Crippen molar-refractivity contribution in [2.24, 2.45) is 0 Å². The van der Waals surface area contributed by atoms with Gasteiger partial charge in [0.1, 0.15) is 0 Å². The molecule has 130 valence electrons. The molecule has 2 atom stereocenters. The summed E-state index contributed by atoms with van der Waals surface area (Å²) in [4.78, 5) is 14.0. The van der Waals surface area contributed by atoms with Gasteiger partial charge in [-0.2, -0.15) is 13.2 Å². The van der Waals surface area contributed by atoms with E-state index in [1.165, 1.54) is 6.07 Å². The van der Waals surface area contributed by atoms with E-state index in [1.807, 2.05) is 0 Å². The Balaban J connectivity index is 0.00000264. The van der Waals surface area contributed by atoms with Crippen molar-refractivity contribution in [1.82, 2.24) is 10.2 Å². The number of alkyl halides is 3. The average molecular weight is 351 g/mol. The van der Waals surface area contributed by atoms with Gasteiger partial charge in [-0.3, -0.25) is 4.79 Å². The molecule has 0 aromatic heterocycles. The molecule has 7 heteroatoms. The van der Waals surface area contributed by atoms with Crippen molar-refractivity contribution in [3.8, 4) is 0 Å². The Morgan fingerprint density at radius 3 is 2.70 bits per heavy atom. The van der Waals surface area contributed by atoms with Gasteiger partial charge < -0.3 is 10.2 Å². The highest BCUT2D eigenvalue weighted by atomic mass is 35.5. The summed E-state index contributed by atoms with van der Waals surface area (Å²) in [6.07, 6.45) is -3.22. The van der Waals surface area contributed by atoms with Crippen LogP contribution >= 0.6 is 12.4 Å². The summed E-state index contributed by atoms with van der Waals surface area (Å²) in [5.41, 5.74) is -0.126. The number of hydrogen-bond acceptors (Lipinski definition) is 2. The zero-order chi connectivity index (χ0) is 16.3. The van der Waals surface area contributed by atoms with Crippen molar-refractivity contribution in [2.75, 3.05) is 20.1 Å². The van der Waals surface area contributed by atoms with Crippen LogP contribution in [0.25, 0.3) is 0 Å². The summed E-state index contributed by atoms with van der Waals surface area (Å²) in [6.45, 7) is 3.46. The quantitative estimate of drug-likeness (QED) is 0.902. The van der Waals surface area contributed by atoms with Crippen molar-refractivity contribution in [2.45, 2.75) is 37.9 Å². The van der Waals surface area contributed by atoms with Crippen LogP contribution in [0.2, 0.25) is 0 Å². The molecule has 2 rings (SSSR count). The standard InChI is InChI=1S/C16H21F3N2O.ClH/c1-11(8-15(22)21(2)14-6-7-20-10-14)12-4-3-5-13(9-12)16(17,18)19;/h3-5,9,11,14,20H,6-8,10H2,1-2H3;1H. The molecule has 0 aliphatic carbocycles. The van der Waals surface area contributed by atoms with Crippen LogP contribution < -0.4 is 5.32 Å². The van der Waals surface area contributed by atoms with Crippen LogP contribution in [0.4, 0.5) is 13.2 Å². The van der Waals surface area contributed by atoms with Crippen LogP contribution in [0.3, 0.4) is 0 Å². The van der Waals surface area contributed by atoms with Gasteiger partial charge in [-0.15, -0.1) is 12.4 Å². The lowest BCUT2D eigenvalue weighted by molar-refractivity contribution is -0.137. The third kappa shape index (κ3) is 5.11. The highest BCUT2D eigenvalue weighted by Gasteiger charge is 2.31. The maximum atomic E-state index is 12.7. The lowest BCUT2D eigenvalue weighted by Crippen LogP contribution is -2.38. The molecule has 0 spiro atoms. The van der Waals surface area contributed by atoms with Gasteiger partial charge in [0.05, 0.1) is 5.56 Å². The van der Waals surface area contributed by atoms with Gasteiger partial charge in [-0.25, -0.2) is 0 Å². The Labute approximate surface area is 140 Å². The monoisotopic (exact) mass is 350 g/mol. The Hall–Kier alpha value is -1.27. The second kappa shape index (κ2) is 8.02.